The third kappa shape index (κ3) is 3.82. The van der Waals surface area contributed by atoms with Crippen LogP contribution >= 0.6 is 35.0 Å². The summed E-state index contributed by atoms with van der Waals surface area (Å²) in [7, 11) is 1.43. The number of hydrogen-bond donors (Lipinski definition) is 1. The number of thioether (sulfide) groups is 1. The van der Waals surface area contributed by atoms with Crippen molar-refractivity contribution in [2.75, 3.05) is 7.11 Å². The van der Waals surface area contributed by atoms with Crippen LogP contribution in [0.1, 0.15) is 11.1 Å². The number of benzene rings is 2. The number of aromatic hydroxyl groups is 1. The molecule has 26 heavy (non-hydrogen) atoms. The lowest BCUT2D eigenvalue weighted by molar-refractivity contribution is -0.123. The van der Waals surface area contributed by atoms with Crippen LogP contribution in [-0.2, 0) is 11.3 Å². The second-order valence-electron chi connectivity index (χ2n) is 5.45. The number of nitrogens with zero attached hydrogens (tertiary/aromatic N) is 1. The number of amides is 2. The molecule has 0 bridgehead atoms. The summed E-state index contributed by atoms with van der Waals surface area (Å²) >= 11 is 12.7. The summed E-state index contributed by atoms with van der Waals surface area (Å²) in [6.45, 7) is 0.109. The van der Waals surface area contributed by atoms with Gasteiger partial charge in [0, 0.05) is 0 Å². The van der Waals surface area contributed by atoms with E-state index >= 15 is 0 Å². The summed E-state index contributed by atoms with van der Waals surface area (Å²) in [6.07, 6.45) is 1.59. The van der Waals surface area contributed by atoms with E-state index in [2.05, 4.69) is 0 Å². The number of methoxy groups -OCH3 is 1. The number of rotatable bonds is 4. The van der Waals surface area contributed by atoms with Crippen molar-refractivity contribution in [3.8, 4) is 11.5 Å². The van der Waals surface area contributed by atoms with Gasteiger partial charge in [0.15, 0.2) is 11.5 Å². The minimum atomic E-state index is -0.391. The molecule has 1 heterocycles. The molecular formula is C18H13Cl2NO4S. The second kappa shape index (κ2) is 7.61. The zero-order valence-corrected chi connectivity index (χ0v) is 15.9. The van der Waals surface area contributed by atoms with Gasteiger partial charge in [0.05, 0.1) is 28.6 Å². The number of phenolic OH excluding ortho intramolecular Hbond substituents is 1. The van der Waals surface area contributed by atoms with Gasteiger partial charge in [-0.2, -0.15) is 0 Å². The van der Waals surface area contributed by atoms with E-state index in [9.17, 15) is 14.7 Å². The number of hydrogen-bond acceptors (Lipinski definition) is 5. The SMILES string of the molecule is COc1cc(/C=C2/SC(=O)N(Cc3ccc(Cl)c(Cl)c3)C2=O)ccc1O. The molecular weight excluding hydrogens is 397 g/mol. The highest BCUT2D eigenvalue weighted by Crippen LogP contribution is 2.35. The molecule has 0 unspecified atom stereocenters. The Morgan fingerprint density at radius 3 is 2.62 bits per heavy atom. The highest BCUT2D eigenvalue weighted by Gasteiger charge is 2.35. The fraction of sp³-hybridized carbons (Fsp3) is 0.111. The van der Waals surface area contributed by atoms with Crippen LogP contribution in [0.25, 0.3) is 6.08 Å². The summed E-state index contributed by atoms with van der Waals surface area (Å²) in [4.78, 5) is 26.2. The Kier molecular flexibility index (Phi) is 5.46. The fourth-order valence-corrected chi connectivity index (χ4v) is 3.55. The van der Waals surface area contributed by atoms with E-state index in [0.29, 0.717) is 26.1 Å². The van der Waals surface area contributed by atoms with Crippen LogP contribution in [0.5, 0.6) is 11.5 Å². The Bertz CT molecular complexity index is 929. The van der Waals surface area contributed by atoms with Crippen LogP contribution in [0.2, 0.25) is 10.0 Å². The highest BCUT2D eigenvalue weighted by molar-refractivity contribution is 8.18. The molecule has 1 aliphatic heterocycles. The van der Waals surface area contributed by atoms with Gasteiger partial charge in [0.2, 0.25) is 0 Å². The number of imide groups is 1. The van der Waals surface area contributed by atoms with Gasteiger partial charge in [0.25, 0.3) is 11.1 Å². The predicted octanol–water partition coefficient (Wildman–Crippen LogP) is 4.94. The minimum Gasteiger partial charge on any atom is -0.504 e. The number of ether oxygens (including phenoxy) is 1. The van der Waals surface area contributed by atoms with Gasteiger partial charge in [-0.25, -0.2) is 0 Å². The van der Waals surface area contributed by atoms with E-state index in [1.165, 1.54) is 13.2 Å². The Balaban J connectivity index is 1.83. The van der Waals surface area contributed by atoms with E-state index in [-0.39, 0.29) is 23.3 Å². The fourth-order valence-electron chi connectivity index (χ4n) is 2.39. The number of halogens is 2. The van der Waals surface area contributed by atoms with E-state index in [1.807, 2.05) is 0 Å². The molecule has 0 radical (unpaired) electrons. The average Bonchev–Trinajstić information content (AvgIpc) is 2.87. The Morgan fingerprint density at radius 1 is 1.15 bits per heavy atom. The van der Waals surface area contributed by atoms with Crippen LogP contribution in [0.15, 0.2) is 41.3 Å². The van der Waals surface area contributed by atoms with Crippen LogP contribution in [0.3, 0.4) is 0 Å². The van der Waals surface area contributed by atoms with Crippen molar-refractivity contribution in [2.24, 2.45) is 0 Å². The molecule has 3 rings (SSSR count). The lowest BCUT2D eigenvalue weighted by atomic mass is 10.1. The largest absolute Gasteiger partial charge is 0.504 e. The smallest absolute Gasteiger partial charge is 0.293 e. The lowest BCUT2D eigenvalue weighted by Gasteiger charge is -2.13. The number of carbonyl (C=O) groups is 2. The third-order valence-electron chi connectivity index (χ3n) is 3.70. The van der Waals surface area contributed by atoms with Gasteiger partial charge in [-0.05, 0) is 53.2 Å². The van der Waals surface area contributed by atoms with Crippen molar-refractivity contribution in [2.45, 2.75) is 6.54 Å². The Morgan fingerprint density at radius 2 is 1.92 bits per heavy atom. The summed E-state index contributed by atoms with van der Waals surface area (Å²) in [5, 5.41) is 10.0. The summed E-state index contributed by atoms with van der Waals surface area (Å²) in [6, 6.07) is 9.64. The lowest BCUT2D eigenvalue weighted by Crippen LogP contribution is -2.27. The molecule has 1 fully saturated rings. The molecule has 0 spiro atoms. The number of phenols is 1. The van der Waals surface area contributed by atoms with Gasteiger partial charge in [-0.15, -0.1) is 0 Å². The summed E-state index contributed by atoms with van der Waals surface area (Å²) < 4.78 is 5.05. The molecule has 2 aromatic rings. The molecule has 2 amide bonds. The van der Waals surface area contributed by atoms with Crippen molar-refractivity contribution in [1.29, 1.82) is 0 Å². The normalized spacial score (nSPS) is 15.8. The van der Waals surface area contributed by atoms with Crippen LogP contribution in [0, 0.1) is 0 Å². The van der Waals surface area contributed by atoms with Gasteiger partial charge in [0.1, 0.15) is 0 Å². The Hall–Kier alpha value is -2.15. The molecule has 8 heteroatoms. The first kappa shape index (κ1) is 18.6. The maximum atomic E-state index is 12.6. The highest BCUT2D eigenvalue weighted by atomic mass is 35.5. The third-order valence-corrected chi connectivity index (χ3v) is 5.35. The quantitative estimate of drug-likeness (QED) is 0.723. The van der Waals surface area contributed by atoms with Crippen molar-refractivity contribution in [1.82, 2.24) is 4.90 Å². The van der Waals surface area contributed by atoms with Gasteiger partial charge in [-0.3, -0.25) is 14.5 Å². The standard InChI is InChI=1S/C18H13Cl2NO4S/c1-25-15-7-10(3-5-14(15)22)8-16-17(23)21(18(24)26-16)9-11-2-4-12(19)13(20)6-11/h2-8,22H,9H2,1H3/b16-8+. The molecule has 0 saturated carbocycles. The summed E-state index contributed by atoms with van der Waals surface area (Å²) in [5.41, 5.74) is 1.34. The molecule has 134 valence electrons. The van der Waals surface area contributed by atoms with E-state index in [4.69, 9.17) is 27.9 Å². The number of carbonyl (C=O) groups excluding carboxylic acids is 2. The summed E-state index contributed by atoms with van der Waals surface area (Å²) in [5.74, 6) is -0.107. The molecule has 1 aliphatic rings. The first-order chi connectivity index (χ1) is 12.4. The molecule has 1 saturated heterocycles. The topological polar surface area (TPSA) is 66.8 Å². The van der Waals surface area contributed by atoms with E-state index in [1.54, 1.807) is 36.4 Å². The van der Waals surface area contributed by atoms with Crippen LogP contribution in [0.4, 0.5) is 4.79 Å². The van der Waals surface area contributed by atoms with Crippen molar-refractivity contribution >= 4 is 52.2 Å². The van der Waals surface area contributed by atoms with Crippen molar-refractivity contribution in [3.05, 3.63) is 62.5 Å². The first-order valence-corrected chi connectivity index (χ1v) is 9.02. The predicted molar refractivity (Wildman–Crippen MR) is 103 cm³/mol. The zero-order chi connectivity index (χ0) is 18.8. The van der Waals surface area contributed by atoms with E-state index in [0.717, 1.165) is 16.7 Å². The molecule has 0 aromatic heterocycles. The first-order valence-electron chi connectivity index (χ1n) is 7.45. The molecule has 0 atom stereocenters. The van der Waals surface area contributed by atoms with Gasteiger partial charge >= 0.3 is 0 Å². The van der Waals surface area contributed by atoms with Crippen molar-refractivity contribution < 1.29 is 19.4 Å². The maximum Gasteiger partial charge on any atom is 0.293 e. The Labute approximate surface area is 164 Å². The molecule has 1 N–H and O–H groups in total. The molecule has 5 nitrogen and oxygen atoms in total. The molecule has 0 aliphatic carbocycles. The van der Waals surface area contributed by atoms with Crippen LogP contribution in [-0.4, -0.2) is 28.3 Å². The van der Waals surface area contributed by atoms with Gasteiger partial charge < -0.3 is 9.84 Å². The van der Waals surface area contributed by atoms with E-state index < -0.39 is 5.91 Å². The minimum absolute atomic E-state index is 0.00243. The maximum absolute atomic E-state index is 12.6. The monoisotopic (exact) mass is 409 g/mol. The molecule has 2 aromatic carbocycles. The van der Waals surface area contributed by atoms with Crippen molar-refractivity contribution in [3.63, 3.8) is 0 Å². The average molecular weight is 410 g/mol. The van der Waals surface area contributed by atoms with Crippen LogP contribution < -0.4 is 4.74 Å². The zero-order valence-electron chi connectivity index (χ0n) is 13.5. The van der Waals surface area contributed by atoms with Gasteiger partial charge in [-0.1, -0.05) is 35.3 Å². The second-order valence-corrected chi connectivity index (χ2v) is 7.26.